The maximum atomic E-state index is 5.61. The minimum atomic E-state index is -0.153. The molecule has 1 aromatic rings. The molecule has 2 rings (SSSR count). The minimum absolute atomic E-state index is 0.153. The van der Waals surface area contributed by atoms with Gasteiger partial charge >= 0.3 is 0 Å². The zero-order valence-corrected chi connectivity index (χ0v) is 12.5. The number of ether oxygens (including phenoxy) is 2. The molecule has 1 saturated heterocycles. The summed E-state index contributed by atoms with van der Waals surface area (Å²) in [6.45, 7) is 4.46. The Balaban J connectivity index is 1.93. The summed E-state index contributed by atoms with van der Waals surface area (Å²) in [5.74, 6) is 0. The van der Waals surface area contributed by atoms with Crippen LogP contribution in [0.15, 0.2) is 28.7 Å². The summed E-state index contributed by atoms with van der Waals surface area (Å²) in [4.78, 5) is 0. The van der Waals surface area contributed by atoms with E-state index in [-0.39, 0.29) is 5.60 Å². The van der Waals surface area contributed by atoms with E-state index in [1.54, 1.807) is 7.11 Å². The van der Waals surface area contributed by atoms with E-state index in [9.17, 15) is 0 Å². The first-order chi connectivity index (χ1) is 8.65. The molecular formula is C14H20BrNO2. The maximum Gasteiger partial charge on any atom is 0.106 e. The van der Waals surface area contributed by atoms with Crippen LogP contribution in [0, 0.1) is 0 Å². The second-order valence-electron chi connectivity index (χ2n) is 4.85. The van der Waals surface area contributed by atoms with Crippen LogP contribution in [0.25, 0.3) is 0 Å². The highest BCUT2D eigenvalue weighted by atomic mass is 79.9. The summed E-state index contributed by atoms with van der Waals surface area (Å²) in [7, 11) is 1.76. The number of nitrogens with one attached hydrogen (secondary N) is 1. The predicted octanol–water partition coefficient (Wildman–Crippen LogP) is 2.91. The van der Waals surface area contributed by atoms with Gasteiger partial charge in [0.2, 0.25) is 0 Å². The Morgan fingerprint density at radius 3 is 3.00 bits per heavy atom. The molecule has 0 aromatic heterocycles. The predicted molar refractivity (Wildman–Crippen MR) is 75.7 cm³/mol. The molecule has 1 aromatic carbocycles. The van der Waals surface area contributed by atoms with Gasteiger partial charge in [0.15, 0.2) is 0 Å². The molecule has 4 heteroatoms. The number of rotatable bonds is 5. The van der Waals surface area contributed by atoms with Crippen molar-refractivity contribution < 1.29 is 9.47 Å². The van der Waals surface area contributed by atoms with E-state index in [2.05, 4.69) is 46.4 Å². The molecule has 100 valence electrons. The van der Waals surface area contributed by atoms with E-state index in [1.807, 2.05) is 6.07 Å². The molecule has 0 saturated carbocycles. The van der Waals surface area contributed by atoms with E-state index in [1.165, 1.54) is 5.56 Å². The fraction of sp³-hybridized carbons (Fsp3) is 0.571. The second kappa shape index (κ2) is 6.15. The molecular weight excluding hydrogens is 294 g/mol. The number of hydrogen-bond donors (Lipinski definition) is 1. The van der Waals surface area contributed by atoms with Gasteiger partial charge in [0, 0.05) is 37.2 Å². The highest BCUT2D eigenvalue weighted by Crippen LogP contribution is 2.23. The Labute approximate surface area is 117 Å². The van der Waals surface area contributed by atoms with E-state index in [0.717, 1.165) is 24.0 Å². The van der Waals surface area contributed by atoms with Crippen LogP contribution in [-0.4, -0.2) is 32.5 Å². The topological polar surface area (TPSA) is 30.5 Å². The smallest absolute Gasteiger partial charge is 0.106 e. The Hall–Kier alpha value is -0.420. The van der Waals surface area contributed by atoms with Crippen LogP contribution in [0.3, 0.4) is 0 Å². The summed E-state index contributed by atoms with van der Waals surface area (Å²) < 4.78 is 12.2. The standard InChI is InChI=1S/C14H20BrNO2/c1-11(12-4-3-5-13(15)8-12)16-9-14(17-2)6-7-18-10-14/h3-5,8,11,16H,6-7,9-10H2,1-2H3. The minimum Gasteiger partial charge on any atom is -0.378 e. The van der Waals surface area contributed by atoms with Crippen LogP contribution in [0.1, 0.15) is 24.9 Å². The van der Waals surface area contributed by atoms with E-state index < -0.39 is 0 Å². The number of hydrogen-bond acceptors (Lipinski definition) is 3. The highest BCUT2D eigenvalue weighted by molar-refractivity contribution is 9.10. The van der Waals surface area contributed by atoms with Crippen molar-refractivity contribution >= 4 is 15.9 Å². The zero-order chi connectivity index (χ0) is 13.0. The van der Waals surface area contributed by atoms with Crippen molar-refractivity contribution in [2.45, 2.75) is 25.0 Å². The van der Waals surface area contributed by atoms with Crippen molar-refractivity contribution in [1.82, 2.24) is 5.32 Å². The monoisotopic (exact) mass is 313 g/mol. The van der Waals surface area contributed by atoms with Gasteiger partial charge < -0.3 is 14.8 Å². The molecule has 0 aliphatic carbocycles. The van der Waals surface area contributed by atoms with Crippen molar-refractivity contribution in [1.29, 1.82) is 0 Å². The third kappa shape index (κ3) is 3.32. The van der Waals surface area contributed by atoms with Crippen LogP contribution in [0.5, 0.6) is 0 Å². The lowest BCUT2D eigenvalue weighted by Crippen LogP contribution is -2.43. The first kappa shape index (κ1) is 14.0. The van der Waals surface area contributed by atoms with Crippen molar-refractivity contribution in [3.8, 4) is 0 Å². The van der Waals surface area contributed by atoms with Gasteiger partial charge in [-0.2, -0.15) is 0 Å². The fourth-order valence-corrected chi connectivity index (χ4v) is 2.61. The van der Waals surface area contributed by atoms with Crippen LogP contribution >= 0.6 is 15.9 Å². The molecule has 0 radical (unpaired) electrons. The molecule has 1 N–H and O–H groups in total. The van der Waals surface area contributed by atoms with E-state index in [4.69, 9.17) is 9.47 Å². The summed E-state index contributed by atoms with van der Waals surface area (Å²) in [5.41, 5.74) is 1.12. The SMILES string of the molecule is COC1(CNC(C)c2cccc(Br)c2)CCOC1. The molecule has 1 aliphatic rings. The first-order valence-electron chi connectivity index (χ1n) is 6.27. The van der Waals surface area contributed by atoms with E-state index >= 15 is 0 Å². The average Bonchev–Trinajstić information content (AvgIpc) is 2.85. The third-order valence-electron chi connectivity index (χ3n) is 3.58. The van der Waals surface area contributed by atoms with Crippen LogP contribution in [0.4, 0.5) is 0 Å². The molecule has 1 aliphatic heterocycles. The third-order valence-corrected chi connectivity index (χ3v) is 4.07. The maximum absolute atomic E-state index is 5.61. The first-order valence-corrected chi connectivity index (χ1v) is 7.06. The van der Waals surface area contributed by atoms with Crippen LogP contribution < -0.4 is 5.32 Å². The quantitative estimate of drug-likeness (QED) is 0.906. The van der Waals surface area contributed by atoms with Crippen molar-refractivity contribution in [3.63, 3.8) is 0 Å². The second-order valence-corrected chi connectivity index (χ2v) is 5.76. The lowest BCUT2D eigenvalue weighted by molar-refractivity contribution is -0.0172. The van der Waals surface area contributed by atoms with Gasteiger partial charge in [-0.3, -0.25) is 0 Å². The molecule has 2 unspecified atom stereocenters. The van der Waals surface area contributed by atoms with Gasteiger partial charge in [0.1, 0.15) is 5.60 Å². The average molecular weight is 314 g/mol. The van der Waals surface area contributed by atoms with Gasteiger partial charge in [-0.1, -0.05) is 28.1 Å². The summed E-state index contributed by atoms with van der Waals surface area (Å²) in [6, 6.07) is 8.67. The van der Waals surface area contributed by atoms with Gasteiger partial charge in [-0.05, 0) is 24.6 Å². The molecule has 0 amide bonds. The van der Waals surface area contributed by atoms with Crippen LogP contribution in [0.2, 0.25) is 0 Å². The lowest BCUT2D eigenvalue weighted by atomic mass is 10.0. The van der Waals surface area contributed by atoms with Crippen molar-refractivity contribution in [2.24, 2.45) is 0 Å². The summed E-state index contributed by atoms with van der Waals surface area (Å²) in [5, 5.41) is 3.53. The molecule has 18 heavy (non-hydrogen) atoms. The molecule has 3 nitrogen and oxygen atoms in total. The van der Waals surface area contributed by atoms with Gasteiger partial charge in [-0.25, -0.2) is 0 Å². The summed E-state index contributed by atoms with van der Waals surface area (Å²) >= 11 is 3.50. The Bertz CT molecular complexity index is 391. The normalized spacial score (nSPS) is 25.3. The number of benzene rings is 1. The molecule has 0 spiro atoms. The zero-order valence-electron chi connectivity index (χ0n) is 10.9. The van der Waals surface area contributed by atoms with Crippen LogP contribution in [-0.2, 0) is 9.47 Å². The largest absolute Gasteiger partial charge is 0.378 e. The van der Waals surface area contributed by atoms with Gasteiger partial charge in [0.05, 0.1) is 6.61 Å². The Kier molecular flexibility index (Phi) is 4.78. The van der Waals surface area contributed by atoms with E-state index in [0.29, 0.717) is 12.6 Å². The van der Waals surface area contributed by atoms with Gasteiger partial charge in [-0.15, -0.1) is 0 Å². The summed E-state index contributed by atoms with van der Waals surface area (Å²) in [6.07, 6.45) is 0.960. The van der Waals surface area contributed by atoms with Crippen molar-refractivity contribution in [3.05, 3.63) is 34.3 Å². The number of halogens is 1. The van der Waals surface area contributed by atoms with Crippen molar-refractivity contribution in [2.75, 3.05) is 26.9 Å². The lowest BCUT2D eigenvalue weighted by Gasteiger charge is -2.28. The molecule has 1 fully saturated rings. The molecule has 1 heterocycles. The molecule has 2 atom stereocenters. The molecule has 0 bridgehead atoms. The Morgan fingerprint density at radius 1 is 1.56 bits per heavy atom. The highest BCUT2D eigenvalue weighted by Gasteiger charge is 2.34. The fourth-order valence-electron chi connectivity index (χ4n) is 2.19. The van der Waals surface area contributed by atoms with Gasteiger partial charge in [0.25, 0.3) is 0 Å². The number of methoxy groups -OCH3 is 1. The Morgan fingerprint density at radius 2 is 2.39 bits per heavy atom.